The van der Waals surface area contributed by atoms with E-state index in [0.29, 0.717) is 39.2 Å². The Morgan fingerprint density at radius 1 is 1.10 bits per heavy atom. The first kappa shape index (κ1) is 29.8. The zero-order valence-corrected chi connectivity index (χ0v) is 24.1. The molecule has 2 aliphatic rings. The molecule has 9 nitrogen and oxygen atoms in total. The SMILES string of the molecule is CCCCN(CCCN(C)C)C(=O)CN1C[C@H](c2ccc3c(c2)CCO3)C(C(=O)O)[C@@H]1CCn1ccccc1=O. The molecule has 1 unspecified atom stereocenters. The highest BCUT2D eigenvalue weighted by Gasteiger charge is 2.47. The molecule has 2 aliphatic heterocycles. The van der Waals surface area contributed by atoms with Gasteiger partial charge in [0.05, 0.1) is 19.1 Å². The van der Waals surface area contributed by atoms with Gasteiger partial charge in [0.1, 0.15) is 5.75 Å². The van der Waals surface area contributed by atoms with Crippen LogP contribution in [-0.4, -0.2) is 95.7 Å². The molecule has 1 aromatic carbocycles. The van der Waals surface area contributed by atoms with Crippen LogP contribution in [0, 0.1) is 5.92 Å². The number of carbonyl (C=O) groups excluding carboxylic acids is 1. The van der Waals surface area contributed by atoms with Crippen LogP contribution in [0.2, 0.25) is 0 Å². The second kappa shape index (κ2) is 13.9. The molecule has 40 heavy (non-hydrogen) atoms. The molecule has 0 bridgehead atoms. The maximum absolute atomic E-state index is 13.7. The van der Waals surface area contributed by atoms with Crippen molar-refractivity contribution in [3.63, 3.8) is 0 Å². The molecule has 218 valence electrons. The minimum absolute atomic E-state index is 0.0428. The smallest absolute Gasteiger partial charge is 0.308 e. The molecule has 3 heterocycles. The Labute approximate surface area is 237 Å². The van der Waals surface area contributed by atoms with Gasteiger partial charge in [0.25, 0.3) is 0 Å². The van der Waals surface area contributed by atoms with Gasteiger partial charge in [0.15, 0.2) is 0 Å². The Kier molecular flexibility index (Phi) is 10.4. The molecule has 0 saturated carbocycles. The molecular formula is C31H44N4O5. The zero-order chi connectivity index (χ0) is 28.6. The van der Waals surface area contributed by atoms with Gasteiger partial charge >= 0.3 is 5.97 Å². The Hall–Kier alpha value is -3.17. The molecule has 1 N–H and O–H groups in total. The number of benzene rings is 1. The van der Waals surface area contributed by atoms with Crippen LogP contribution >= 0.6 is 0 Å². The Balaban J connectivity index is 1.59. The number of carboxylic acids is 1. The van der Waals surface area contributed by atoms with E-state index in [0.717, 1.165) is 49.1 Å². The summed E-state index contributed by atoms with van der Waals surface area (Å²) >= 11 is 0. The molecule has 0 radical (unpaired) electrons. The van der Waals surface area contributed by atoms with Crippen molar-refractivity contribution in [2.24, 2.45) is 5.92 Å². The van der Waals surface area contributed by atoms with Crippen molar-refractivity contribution in [3.8, 4) is 5.75 Å². The molecule has 1 fully saturated rings. The monoisotopic (exact) mass is 552 g/mol. The fourth-order valence-corrected chi connectivity index (χ4v) is 6.11. The van der Waals surface area contributed by atoms with Gasteiger partial charge in [-0.2, -0.15) is 0 Å². The van der Waals surface area contributed by atoms with Crippen LogP contribution in [0.4, 0.5) is 0 Å². The second-order valence-corrected chi connectivity index (χ2v) is 11.3. The number of hydrogen-bond acceptors (Lipinski definition) is 6. The van der Waals surface area contributed by atoms with E-state index in [1.54, 1.807) is 22.9 Å². The standard InChI is InChI=1S/C31H44N4O5/c1-4-5-15-33(17-8-14-32(2)3)29(37)22-35-21-25(23-10-11-27-24(20-23)13-19-40-27)30(31(38)39)26(35)12-18-34-16-7-6-9-28(34)36/h6-7,9-11,16,20,25-26,30H,4-5,8,12-15,17-19,21-22H2,1-3H3,(H,38,39)/t25-,26+,30?/m1/s1. The molecule has 0 spiro atoms. The Morgan fingerprint density at radius 3 is 2.62 bits per heavy atom. The van der Waals surface area contributed by atoms with Gasteiger partial charge in [-0.05, 0) is 63.2 Å². The number of likely N-dealkylation sites (tertiary alicyclic amines) is 1. The predicted molar refractivity (Wildman–Crippen MR) is 155 cm³/mol. The number of carbonyl (C=O) groups is 2. The van der Waals surface area contributed by atoms with Crippen LogP contribution in [0.15, 0.2) is 47.4 Å². The first-order valence-electron chi connectivity index (χ1n) is 14.6. The Morgan fingerprint density at radius 2 is 1.90 bits per heavy atom. The van der Waals surface area contributed by atoms with E-state index >= 15 is 0 Å². The number of fused-ring (bicyclic) bond motifs is 1. The third kappa shape index (κ3) is 7.31. The van der Waals surface area contributed by atoms with Crippen molar-refractivity contribution < 1.29 is 19.4 Å². The van der Waals surface area contributed by atoms with Gasteiger partial charge in [-0.1, -0.05) is 31.5 Å². The molecule has 1 saturated heterocycles. The first-order chi connectivity index (χ1) is 19.3. The summed E-state index contributed by atoms with van der Waals surface area (Å²) in [6.45, 7) is 6.11. The molecular weight excluding hydrogens is 508 g/mol. The van der Waals surface area contributed by atoms with E-state index in [4.69, 9.17) is 4.74 Å². The fraction of sp³-hybridized carbons (Fsp3) is 0.581. The number of aliphatic carboxylic acids is 1. The van der Waals surface area contributed by atoms with Crippen LogP contribution < -0.4 is 10.3 Å². The minimum Gasteiger partial charge on any atom is -0.493 e. The summed E-state index contributed by atoms with van der Waals surface area (Å²) in [5.74, 6) is -0.904. The van der Waals surface area contributed by atoms with Gasteiger partial charge in [0, 0.05) is 56.8 Å². The summed E-state index contributed by atoms with van der Waals surface area (Å²) in [7, 11) is 4.06. The summed E-state index contributed by atoms with van der Waals surface area (Å²) in [5.41, 5.74) is 1.97. The quantitative estimate of drug-likeness (QED) is 0.385. The molecule has 3 atom stereocenters. The van der Waals surface area contributed by atoms with Crippen LogP contribution in [-0.2, 0) is 22.6 Å². The van der Waals surface area contributed by atoms with Crippen LogP contribution in [0.1, 0.15) is 49.7 Å². The predicted octanol–water partition coefficient (Wildman–Crippen LogP) is 2.92. The number of rotatable bonds is 14. The second-order valence-electron chi connectivity index (χ2n) is 11.3. The number of pyridine rings is 1. The normalized spacial score (nSPS) is 20.4. The van der Waals surface area contributed by atoms with Gasteiger partial charge in [-0.15, -0.1) is 0 Å². The maximum atomic E-state index is 13.7. The summed E-state index contributed by atoms with van der Waals surface area (Å²) in [6, 6.07) is 10.7. The summed E-state index contributed by atoms with van der Waals surface area (Å²) < 4.78 is 7.30. The molecule has 1 aromatic heterocycles. The average molecular weight is 553 g/mol. The number of aryl methyl sites for hydroxylation is 1. The highest BCUT2D eigenvalue weighted by atomic mass is 16.5. The van der Waals surface area contributed by atoms with E-state index in [9.17, 15) is 19.5 Å². The lowest BCUT2D eigenvalue weighted by atomic mass is 9.83. The number of unbranched alkanes of at least 4 members (excludes halogenated alkanes) is 1. The number of nitrogens with zero attached hydrogens (tertiary/aromatic N) is 4. The maximum Gasteiger partial charge on any atom is 0.308 e. The number of hydrogen-bond donors (Lipinski definition) is 1. The van der Waals surface area contributed by atoms with Gasteiger partial charge in [-0.3, -0.25) is 19.3 Å². The number of aromatic nitrogens is 1. The van der Waals surface area contributed by atoms with Gasteiger partial charge in [-0.25, -0.2) is 0 Å². The molecule has 9 heteroatoms. The summed E-state index contributed by atoms with van der Waals surface area (Å²) in [4.78, 5) is 45.0. The van der Waals surface area contributed by atoms with Crippen molar-refractivity contribution in [1.29, 1.82) is 0 Å². The highest BCUT2D eigenvalue weighted by Crippen LogP contribution is 2.41. The van der Waals surface area contributed by atoms with Crippen molar-refractivity contribution in [3.05, 3.63) is 64.1 Å². The van der Waals surface area contributed by atoms with Crippen molar-refractivity contribution in [2.75, 3.05) is 53.4 Å². The van der Waals surface area contributed by atoms with Gasteiger partial charge in [0.2, 0.25) is 11.5 Å². The van der Waals surface area contributed by atoms with E-state index in [1.165, 1.54) is 6.07 Å². The van der Waals surface area contributed by atoms with Crippen LogP contribution in [0.5, 0.6) is 5.75 Å². The summed E-state index contributed by atoms with van der Waals surface area (Å²) in [6.07, 6.45) is 5.84. The topological polar surface area (TPSA) is 95.3 Å². The van der Waals surface area contributed by atoms with E-state index in [2.05, 4.69) is 22.8 Å². The van der Waals surface area contributed by atoms with Crippen molar-refractivity contribution in [2.45, 2.75) is 57.5 Å². The van der Waals surface area contributed by atoms with Crippen LogP contribution in [0.25, 0.3) is 0 Å². The largest absolute Gasteiger partial charge is 0.493 e. The third-order valence-electron chi connectivity index (χ3n) is 8.25. The number of amides is 1. The molecule has 0 aliphatic carbocycles. The third-order valence-corrected chi connectivity index (χ3v) is 8.25. The lowest BCUT2D eigenvalue weighted by molar-refractivity contribution is -0.144. The zero-order valence-electron chi connectivity index (χ0n) is 24.1. The average Bonchev–Trinajstić information content (AvgIpc) is 3.54. The van der Waals surface area contributed by atoms with Crippen LogP contribution in [0.3, 0.4) is 0 Å². The minimum atomic E-state index is -0.865. The number of ether oxygens (including phenoxy) is 1. The van der Waals surface area contributed by atoms with Crippen molar-refractivity contribution in [1.82, 2.24) is 19.3 Å². The fourth-order valence-electron chi connectivity index (χ4n) is 6.11. The summed E-state index contributed by atoms with van der Waals surface area (Å²) in [5, 5.41) is 10.5. The van der Waals surface area contributed by atoms with E-state index in [1.807, 2.05) is 31.1 Å². The lowest BCUT2D eigenvalue weighted by Gasteiger charge is -2.30. The first-order valence-corrected chi connectivity index (χ1v) is 14.6. The Bertz CT molecular complexity index is 1210. The lowest BCUT2D eigenvalue weighted by Crippen LogP contribution is -2.45. The molecule has 1 amide bonds. The van der Waals surface area contributed by atoms with Gasteiger partial charge < -0.3 is 24.2 Å². The molecule has 4 rings (SSSR count). The highest BCUT2D eigenvalue weighted by molar-refractivity contribution is 5.79. The number of carboxylic acid groups (broad SMARTS) is 1. The molecule has 2 aromatic rings. The van der Waals surface area contributed by atoms with E-state index in [-0.39, 0.29) is 30.0 Å². The van der Waals surface area contributed by atoms with E-state index < -0.39 is 11.9 Å². The van der Waals surface area contributed by atoms with Crippen molar-refractivity contribution >= 4 is 11.9 Å².